The van der Waals surface area contributed by atoms with Gasteiger partial charge in [-0.3, -0.25) is 9.59 Å². The summed E-state index contributed by atoms with van der Waals surface area (Å²) >= 11 is 0. The molecular weight excluding hydrogens is 396 g/mol. The van der Waals surface area contributed by atoms with Gasteiger partial charge in [-0.15, -0.1) is 0 Å². The number of fused-ring (bicyclic) bond motifs is 2. The quantitative estimate of drug-likeness (QED) is 0.390. The van der Waals surface area contributed by atoms with Crippen molar-refractivity contribution in [1.82, 2.24) is 0 Å². The maximum absolute atomic E-state index is 13.3. The molecule has 0 spiro atoms. The second-order valence-corrected chi connectivity index (χ2v) is 9.97. The van der Waals surface area contributed by atoms with Crippen molar-refractivity contribution in [1.29, 1.82) is 10.5 Å². The van der Waals surface area contributed by atoms with E-state index in [4.69, 9.17) is 10.5 Å². The first-order valence-electron chi connectivity index (χ1n) is 11.2. The third-order valence-corrected chi connectivity index (χ3v) is 6.76. The van der Waals surface area contributed by atoms with Gasteiger partial charge >= 0.3 is 0 Å². The van der Waals surface area contributed by atoms with Crippen LogP contribution in [0.4, 0.5) is 0 Å². The predicted molar refractivity (Wildman–Crippen MR) is 125 cm³/mol. The van der Waals surface area contributed by atoms with Gasteiger partial charge in [0.1, 0.15) is 0 Å². The number of carbonyl (C=O) groups excluding carboxylic acids is 2. The van der Waals surface area contributed by atoms with Crippen LogP contribution in [0.3, 0.4) is 0 Å². The summed E-state index contributed by atoms with van der Waals surface area (Å²) in [5.74, 6) is -0.226. The molecule has 0 saturated carbocycles. The molecular formula is C28H30N2O2. The van der Waals surface area contributed by atoms with E-state index < -0.39 is 0 Å². The Labute approximate surface area is 190 Å². The molecule has 2 aromatic rings. The van der Waals surface area contributed by atoms with Crippen molar-refractivity contribution >= 4 is 11.6 Å². The molecule has 0 radical (unpaired) electrons. The molecule has 0 amide bonds. The number of nitrogens with zero attached hydrogens (tertiary/aromatic N) is 2. The molecule has 0 atom stereocenters. The minimum absolute atomic E-state index is 0.113. The van der Waals surface area contributed by atoms with Crippen LogP contribution in [0.15, 0.2) is 36.4 Å². The molecule has 0 saturated heterocycles. The Morgan fingerprint density at radius 1 is 0.656 bits per heavy atom. The lowest BCUT2D eigenvalue weighted by atomic mass is 9.74. The highest BCUT2D eigenvalue weighted by Crippen LogP contribution is 2.36. The molecule has 1 aliphatic rings. The fraction of sp³-hybridized carbons (Fsp3) is 0.429. The van der Waals surface area contributed by atoms with Gasteiger partial charge in [0.2, 0.25) is 0 Å². The number of hydrogen-bond acceptors (Lipinski definition) is 4. The van der Waals surface area contributed by atoms with Crippen LogP contribution in [0.1, 0.15) is 109 Å². The molecule has 0 aliphatic heterocycles. The van der Waals surface area contributed by atoms with E-state index in [9.17, 15) is 9.59 Å². The van der Waals surface area contributed by atoms with Gasteiger partial charge in [-0.2, -0.15) is 10.5 Å². The highest BCUT2D eigenvalue weighted by Gasteiger charge is 2.33. The van der Waals surface area contributed by atoms with Gasteiger partial charge in [0.15, 0.2) is 11.6 Å². The van der Waals surface area contributed by atoms with E-state index in [2.05, 4.69) is 39.8 Å². The number of carbonyl (C=O) groups is 2. The van der Waals surface area contributed by atoms with Crippen LogP contribution in [-0.2, 0) is 10.8 Å². The standard InChI is InChI=1S/C28H30N2O2/c1-27(2,13-5-7-15-29)19-9-11-21-23(17-19)25(31)22-12-10-20(18-24(22)26(21)32)28(3,4)14-6-8-16-30/h9-12,17-18H,5-8,13-14H2,1-4H3. The Morgan fingerprint density at radius 3 is 1.38 bits per heavy atom. The number of hydrogen-bond donors (Lipinski definition) is 0. The highest BCUT2D eigenvalue weighted by atomic mass is 16.1. The number of nitriles is 2. The van der Waals surface area contributed by atoms with Crippen LogP contribution in [0.5, 0.6) is 0 Å². The molecule has 164 valence electrons. The average molecular weight is 427 g/mol. The normalized spacial score (nSPS) is 13.2. The molecule has 3 rings (SSSR count). The maximum atomic E-state index is 13.3. The Kier molecular flexibility index (Phi) is 6.65. The van der Waals surface area contributed by atoms with Crippen LogP contribution >= 0.6 is 0 Å². The number of benzene rings is 2. The lowest BCUT2D eigenvalue weighted by Crippen LogP contribution is -2.25. The molecule has 0 fully saturated rings. The molecule has 0 N–H and O–H groups in total. The van der Waals surface area contributed by atoms with Gasteiger partial charge in [-0.05, 0) is 71.9 Å². The summed E-state index contributed by atoms with van der Waals surface area (Å²) in [6.45, 7) is 8.43. The van der Waals surface area contributed by atoms with Crippen LogP contribution in [-0.4, -0.2) is 11.6 Å². The highest BCUT2D eigenvalue weighted by molar-refractivity contribution is 6.28. The molecule has 4 nitrogen and oxygen atoms in total. The van der Waals surface area contributed by atoms with Crippen molar-refractivity contribution in [2.45, 2.75) is 77.0 Å². The fourth-order valence-electron chi connectivity index (χ4n) is 4.50. The summed E-state index contributed by atoms with van der Waals surface area (Å²) in [5.41, 5.74) is 3.49. The summed E-state index contributed by atoms with van der Waals surface area (Å²) in [7, 11) is 0. The average Bonchev–Trinajstić information content (AvgIpc) is 2.77. The van der Waals surface area contributed by atoms with Gasteiger partial charge in [-0.1, -0.05) is 39.8 Å². The monoisotopic (exact) mass is 426 g/mol. The Bertz CT molecular complexity index is 1050. The number of rotatable bonds is 8. The van der Waals surface area contributed by atoms with Gasteiger partial charge < -0.3 is 0 Å². The second-order valence-electron chi connectivity index (χ2n) is 9.97. The van der Waals surface area contributed by atoms with Crippen LogP contribution in [0.2, 0.25) is 0 Å². The predicted octanol–water partition coefficient (Wildman–Crippen LogP) is 6.40. The van der Waals surface area contributed by atoms with Crippen LogP contribution < -0.4 is 0 Å². The van der Waals surface area contributed by atoms with Crippen molar-refractivity contribution in [3.8, 4) is 12.1 Å². The molecule has 0 heterocycles. The molecule has 0 aromatic heterocycles. The summed E-state index contributed by atoms with van der Waals surface area (Å²) in [6.07, 6.45) is 4.28. The van der Waals surface area contributed by atoms with E-state index in [1.807, 2.05) is 24.3 Å². The van der Waals surface area contributed by atoms with Crippen molar-refractivity contribution in [2.75, 3.05) is 0 Å². The lowest BCUT2D eigenvalue weighted by molar-refractivity contribution is 0.0978. The zero-order valence-corrected chi connectivity index (χ0v) is 19.4. The van der Waals surface area contributed by atoms with Crippen molar-refractivity contribution in [3.05, 3.63) is 69.8 Å². The third-order valence-electron chi connectivity index (χ3n) is 6.76. The SMILES string of the molecule is CC(C)(CCCC#N)c1ccc2c(c1)C(=O)c1ccc(C(C)(C)CCCC#N)cc1C2=O. The maximum Gasteiger partial charge on any atom is 0.194 e. The largest absolute Gasteiger partial charge is 0.289 e. The number of unbranched alkanes of at least 4 members (excludes halogenated alkanes) is 2. The Balaban J connectivity index is 1.95. The van der Waals surface area contributed by atoms with E-state index in [-0.39, 0.29) is 22.4 Å². The number of ketones is 2. The van der Waals surface area contributed by atoms with Crippen molar-refractivity contribution < 1.29 is 9.59 Å². The van der Waals surface area contributed by atoms with E-state index in [0.29, 0.717) is 35.1 Å². The fourth-order valence-corrected chi connectivity index (χ4v) is 4.50. The molecule has 1 aliphatic carbocycles. The van der Waals surface area contributed by atoms with E-state index in [1.165, 1.54) is 0 Å². The molecule has 0 bridgehead atoms. The molecule has 0 unspecified atom stereocenters. The molecule has 2 aromatic carbocycles. The summed E-state index contributed by atoms with van der Waals surface area (Å²) in [4.78, 5) is 26.7. The lowest BCUT2D eigenvalue weighted by Gasteiger charge is -2.29. The van der Waals surface area contributed by atoms with Crippen molar-refractivity contribution in [3.63, 3.8) is 0 Å². The van der Waals surface area contributed by atoms with Gasteiger partial charge in [0.05, 0.1) is 12.1 Å². The zero-order valence-electron chi connectivity index (χ0n) is 19.4. The minimum Gasteiger partial charge on any atom is -0.289 e. The minimum atomic E-state index is -0.188. The van der Waals surface area contributed by atoms with Gasteiger partial charge in [0, 0.05) is 35.1 Å². The second kappa shape index (κ2) is 9.09. The molecule has 4 heteroatoms. The van der Waals surface area contributed by atoms with Gasteiger partial charge in [-0.25, -0.2) is 0 Å². The van der Waals surface area contributed by atoms with Gasteiger partial charge in [0.25, 0.3) is 0 Å². The summed E-state index contributed by atoms with van der Waals surface area (Å²) < 4.78 is 0. The third kappa shape index (κ3) is 4.51. The topological polar surface area (TPSA) is 81.7 Å². The molecule has 32 heavy (non-hydrogen) atoms. The first-order chi connectivity index (χ1) is 15.1. The zero-order chi connectivity index (χ0) is 23.5. The smallest absolute Gasteiger partial charge is 0.194 e. The Morgan fingerprint density at radius 2 is 1.03 bits per heavy atom. The first kappa shape index (κ1) is 23.4. The van der Waals surface area contributed by atoms with Crippen LogP contribution in [0.25, 0.3) is 0 Å². The van der Waals surface area contributed by atoms with E-state index in [1.54, 1.807) is 12.1 Å². The Hall–Kier alpha value is -3.24. The van der Waals surface area contributed by atoms with E-state index in [0.717, 1.165) is 36.8 Å². The summed E-state index contributed by atoms with van der Waals surface area (Å²) in [5, 5.41) is 17.7. The summed E-state index contributed by atoms with van der Waals surface area (Å²) in [6, 6.07) is 15.5. The first-order valence-corrected chi connectivity index (χ1v) is 11.2. The van der Waals surface area contributed by atoms with Crippen LogP contribution in [0, 0.1) is 22.7 Å². The van der Waals surface area contributed by atoms with E-state index >= 15 is 0 Å². The van der Waals surface area contributed by atoms with Crippen molar-refractivity contribution in [2.24, 2.45) is 0 Å².